The molecule has 0 radical (unpaired) electrons. The Balaban J connectivity index is 1.36. The summed E-state index contributed by atoms with van der Waals surface area (Å²) in [5.74, 6) is -0.785. The number of anilines is 2. The molecule has 0 atom stereocenters. The van der Waals surface area contributed by atoms with E-state index in [1.165, 1.54) is 6.08 Å². The number of nitrogens with two attached hydrogens (primary N) is 2. The van der Waals surface area contributed by atoms with Gasteiger partial charge in [-0.25, -0.2) is 9.59 Å². The Kier molecular flexibility index (Phi) is 11.2. The Hall–Kier alpha value is -3.58. The number of allylic oxidation sites excluding steroid dienone is 1. The number of rotatable bonds is 13. The molecule has 1 aliphatic carbocycles. The number of carbonyl (C=O) groups is 2. The van der Waals surface area contributed by atoms with Gasteiger partial charge in [0.15, 0.2) is 0 Å². The smallest absolute Gasteiger partial charge is 0.338 e. The first-order valence-electron chi connectivity index (χ1n) is 13.0. The minimum absolute atomic E-state index is 0.0786. The van der Waals surface area contributed by atoms with Crippen LogP contribution in [0.4, 0.5) is 11.4 Å². The summed E-state index contributed by atoms with van der Waals surface area (Å²) in [6, 6.07) is 12.2. The van der Waals surface area contributed by atoms with Crippen LogP contribution in [0, 0.1) is 0 Å². The van der Waals surface area contributed by atoms with Gasteiger partial charge in [0.25, 0.3) is 0 Å². The van der Waals surface area contributed by atoms with Gasteiger partial charge in [-0.1, -0.05) is 18.2 Å². The van der Waals surface area contributed by atoms with Crippen molar-refractivity contribution in [3.63, 3.8) is 0 Å². The molecule has 2 aromatic carbocycles. The largest absolute Gasteiger partial charge is 0.462 e. The summed E-state index contributed by atoms with van der Waals surface area (Å²) in [6.07, 6.45) is 12.2. The number of carbonyl (C=O) groups excluding carboxylic acids is 2. The van der Waals surface area contributed by atoms with E-state index in [0.717, 1.165) is 62.7 Å². The molecule has 198 valence electrons. The zero-order valence-corrected chi connectivity index (χ0v) is 21.4. The molecule has 0 bridgehead atoms. The molecule has 4 N–H and O–H groups in total. The van der Waals surface area contributed by atoms with Crippen molar-refractivity contribution < 1.29 is 23.8 Å². The molecule has 0 unspecified atom stereocenters. The van der Waals surface area contributed by atoms with Crippen LogP contribution < -0.4 is 11.5 Å². The third-order valence-electron chi connectivity index (χ3n) is 6.39. The molecule has 37 heavy (non-hydrogen) atoms. The fourth-order valence-corrected chi connectivity index (χ4v) is 4.22. The minimum atomic E-state index is -0.456. The highest BCUT2D eigenvalue weighted by molar-refractivity contribution is 5.90. The van der Waals surface area contributed by atoms with E-state index in [2.05, 4.69) is 6.58 Å². The first-order chi connectivity index (χ1) is 17.9. The molecule has 0 amide bonds. The van der Waals surface area contributed by atoms with Crippen LogP contribution in [0.5, 0.6) is 0 Å². The highest BCUT2D eigenvalue weighted by Crippen LogP contribution is 2.25. The molecule has 2 aromatic rings. The number of hydrogen-bond acceptors (Lipinski definition) is 7. The second-order valence-electron chi connectivity index (χ2n) is 9.29. The van der Waals surface area contributed by atoms with Gasteiger partial charge in [0.05, 0.1) is 18.3 Å². The zero-order chi connectivity index (χ0) is 26.5. The van der Waals surface area contributed by atoms with Gasteiger partial charge in [0, 0.05) is 30.5 Å². The van der Waals surface area contributed by atoms with Gasteiger partial charge in [-0.15, -0.1) is 6.58 Å². The Morgan fingerprint density at radius 3 is 2.41 bits per heavy atom. The number of unbranched alkanes of at least 4 members (excludes halogenated alkanes) is 2. The maximum atomic E-state index is 12.6. The first-order valence-corrected chi connectivity index (χ1v) is 13.0. The minimum Gasteiger partial charge on any atom is -0.462 e. The van der Waals surface area contributed by atoms with Gasteiger partial charge in [0.2, 0.25) is 0 Å². The Bertz CT molecular complexity index is 1060. The molecular weight excluding hydrogens is 468 g/mol. The van der Waals surface area contributed by atoms with Crippen molar-refractivity contribution in [1.29, 1.82) is 0 Å². The highest BCUT2D eigenvalue weighted by atomic mass is 16.5. The Labute approximate surface area is 219 Å². The van der Waals surface area contributed by atoms with E-state index in [-0.39, 0.29) is 24.8 Å². The van der Waals surface area contributed by atoms with Crippen LogP contribution >= 0.6 is 0 Å². The first kappa shape index (κ1) is 28.0. The van der Waals surface area contributed by atoms with Crippen molar-refractivity contribution in [2.24, 2.45) is 0 Å². The van der Waals surface area contributed by atoms with Crippen molar-refractivity contribution in [2.45, 2.75) is 63.6 Å². The van der Waals surface area contributed by atoms with Crippen molar-refractivity contribution in [3.8, 4) is 0 Å². The standard InChI is InChI=1S/C30H38N2O5/c1-2-3-4-5-19-35-26-12-14-27(15-13-26)37-30(34)23-9-6-22(7-10-23)8-17-29(33)36-20-18-24-21-25(31)11-16-28(24)32/h2,6-11,16-17,21,26-27H,1,3-5,12-15,18-20,31-32H2. The lowest BCUT2D eigenvalue weighted by atomic mass is 9.95. The van der Waals surface area contributed by atoms with Crippen molar-refractivity contribution in [3.05, 3.63) is 77.9 Å². The predicted octanol–water partition coefficient (Wildman–Crippen LogP) is 5.49. The predicted molar refractivity (Wildman–Crippen MR) is 147 cm³/mol. The number of esters is 2. The summed E-state index contributed by atoms with van der Waals surface area (Å²) >= 11 is 0. The van der Waals surface area contributed by atoms with Crippen LogP contribution in [0.3, 0.4) is 0 Å². The molecular formula is C30H38N2O5. The topological polar surface area (TPSA) is 114 Å². The fraction of sp³-hybridized carbons (Fsp3) is 0.400. The van der Waals surface area contributed by atoms with E-state index in [4.69, 9.17) is 25.7 Å². The van der Waals surface area contributed by atoms with E-state index >= 15 is 0 Å². The number of nitrogen functional groups attached to an aromatic ring is 2. The van der Waals surface area contributed by atoms with Crippen LogP contribution in [0.25, 0.3) is 6.08 Å². The van der Waals surface area contributed by atoms with Crippen molar-refractivity contribution in [1.82, 2.24) is 0 Å². The van der Waals surface area contributed by atoms with E-state index < -0.39 is 5.97 Å². The molecule has 3 rings (SSSR count). The molecule has 0 aliphatic heterocycles. The summed E-state index contributed by atoms with van der Waals surface area (Å²) < 4.78 is 16.9. The second-order valence-corrected chi connectivity index (χ2v) is 9.29. The summed E-state index contributed by atoms with van der Waals surface area (Å²) in [4.78, 5) is 24.6. The van der Waals surface area contributed by atoms with E-state index in [1.54, 1.807) is 48.5 Å². The quantitative estimate of drug-likeness (QED) is 0.121. The third-order valence-corrected chi connectivity index (χ3v) is 6.39. The molecule has 7 heteroatoms. The molecule has 0 aromatic heterocycles. The molecule has 0 heterocycles. The number of benzene rings is 2. The SMILES string of the molecule is C=CCCCCOC1CCC(OC(=O)c2ccc(C=CC(=O)OCCc3cc(N)ccc3N)cc2)CC1. The highest BCUT2D eigenvalue weighted by Gasteiger charge is 2.24. The van der Waals surface area contributed by atoms with Crippen molar-refractivity contribution in [2.75, 3.05) is 24.7 Å². The van der Waals surface area contributed by atoms with E-state index in [1.807, 2.05) is 6.08 Å². The maximum Gasteiger partial charge on any atom is 0.338 e. The van der Waals surface area contributed by atoms with Crippen LogP contribution in [-0.4, -0.2) is 37.4 Å². The molecule has 7 nitrogen and oxygen atoms in total. The van der Waals surface area contributed by atoms with Gasteiger partial charge in [-0.3, -0.25) is 0 Å². The number of ether oxygens (including phenoxy) is 3. The Morgan fingerprint density at radius 1 is 0.946 bits per heavy atom. The van der Waals surface area contributed by atoms with Crippen LogP contribution in [0.15, 0.2) is 61.2 Å². The molecule has 1 aliphatic rings. The Morgan fingerprint density at radius 2 is 1.68 bits per heavy atom. The van der Waals surface area contributed by atoms with E-state index in [0.29, 0.717) is 23.4 Å². The van der Waals surface area contributed by atoms with Gasteiger partial charge in [-0.2, -0.15) is 0 Å². The summed E-state index contributed by atoms with van der Waals surface area (Å²) in [6.45, 7) is 4.71. The summed E-state index contributed by atoms with van der Waals surface area (Å²) in [5.41, 5.74) is 15.0. The van der Waals surface area contributed by atoms with Crippen molar-refractivity contribution >= 4 is 29.4 Å². The van der Waals surface area contributed by atoms with Crippen LogP contribution in [0.1, 0.15) is 66.4 Å². The molecule has 1 fully saturated rings. The lowest BCUT2D eigenvalue weighted by molar-refractivity contribution is -0.137. The summed E-state index contributed by atoms with van der Waals surface area (Å²) in [5, 5.41) is 0. The normalized spacial score (nSPS) is 17.4. The lowest BCUT2D eigenvalue weighted by Crippen LogP contribution is -2.28. The van der Waals surface area contributed by atoms with Gasteiger partial charge in [-0.05, 0) is 92.5 Å². The average molecular weight is 507 g/mol. The average Bonchev–Trinajstić information content (AvgIpc) is 2.90. The van der Waals surface area contributed by atoms with Gasteiger partial charge < -0.3 is 25.7 Å². The summed E-state index contributed by atoms with van der Waals surface area (Å²) in [7, 11) is 0. The second kappa shape index (κ2) is 14.9. The number of hydrogen-bond donors (Lipinski definition) is 2. The molecule has 1 saturated carbocycles. The van der Waals surface area contributed by atoms with E-state index in [9.17, 15) is 9.59 Å². The fourth-order valence-electron chi connectivity index (χ4n) is 4.22. The van der Waals surface area contributed by atoms with Crippen LogP contribution in [0.2, 0.25) is 0 Å². The van der Waals surface area contributed by atoms with Gasteiger partial charge >= 0.3 is 11.9 Å². The lowest BCUT2D eigenvalue weighted by Gasteiger charge is -2.28. The third kappa shape index (κ3) is 9.77. The monoisotopic (exact) mass is 506 g/mol. The maximum absolute atomic E-state index is 12.6. The van der Waals surface area contributed by atoms with Gasteiger partial charge in [0.1, 0.15) is 6.10 Å². The van der Waals surface area contributed by atoms with Crippen LogP contribution in [-0.2, 0) is 25.4 Å². The molecule has 0 saturated heterocycles. The molecule has 0 spiro atoms. The zero-order valence-electron chi connectivity index (χ0n) is 21.4.